The molecule has 0 bridgehead atoms. The molecule has 104 valence electrons. The zero-order valence-corrected chi connectivity index (χ0v) is 12.1. The van der Waals surface area contributed by atoms with Crippen molar-refractivity contribution in [2.75, 3.05) is 26.2 Å². The minimum atomic E-state index is 0.597. The van der Waals surface area contributed by atoms with Crippen molar-refractivity contribution in [3.63, 3.8) is 0 Å². The maximum absolute atomic E-state index is 3.77. The number of nitrogens with zero attached hydrogens (tertiary/aromatic N) is 1. The van der Waals surface area contributed by atoms with Crippen LogP contribution in [-0.2, 0) is 6.42 Å². The van der Waals surface area contributed by atoms with Gasteiger partial charge in [-0.2, -0.15) is 0 Å². The van der Waals surface area contributed by atoms with E-state index in [1.54, 1.807) is 11.1 Å². The van der Waals surface area contributed by atoms with Crippen molar-refractivity contribution in [3.05, 3.63) is 34.9 Å². The number of piperidine rings is 1. The van der Waals surface area contributed by atoms with E-state index in [1.165, 1.54) is 57.3 Å². The van der Waals surface area contributed by atoms with Crippen LogP contribution in [0.3, 0.4) is 0 Å². The van der Waals surface area contributed by atoms with Crippen LogP contribution < -0.4 is 5.32 Å². The Kier molecular flexibility index (Phi) is 4.19. The summed E-state index contributed by atoms with van der Waals surface area (Å²) in [5.74, 6) is 0. The van der Waals surface area contributed by atoms with Gasteiger partial charge in [-0.1, -0.05) is 30.2 Å². The Morgan fingerprint density at radius 3 is 2.89 bits per heavy atom. The molecule has 0 saturated carbocycles. The molecule has 0 amide bonds. The number of aryl methyl sites for hydroxylation is 2. The fraction of sp³-hybridized carbons (Fsp3) is 0.647. The average Bonchev–Trinajstić information content (AvgIpc) is 2.83. The number of hydrogen-bond donors (Lipinski definition) is 1. The Labute approximate surface area is 117 Å². The van der Waals surface area contributed by atoms with E-state index in [0.29, 0.717) is 6.04 Å². The first-order valence-corrected chi connectivity index (χ1v) is 7.88. The summed E-state index contributed by atoms with van der Waals surface area (Å²) >= 11 is 0. The lowest BCUT2D eigenvalue weighted by Gasteiger charge is -2.27. The Hall–Kier alpha value is -0.860. The van der Waals surface area contributed by atoms with Gasteiger partial charge in [-0.15, -0.1) is 0 Å². The molecule has 1 heterocycles. The van der Waals surface area contributed by atoms with Crippen LogP contribution in [0.15, 0.2) is 18.2 Å². The van der Waals surface area contributed by atoms with Crippen molar-refractivity contribution in [1.29, 1.82) is 0 Å². The van der Waals surface area contributed by atoms with E-state index < -0.39 is 0 Å². The predicted octanol–water partition coefficient (Wildman–Crippen LogP) is 3.06. The normalized spacial score (nSPS) is 23.5. The van der Waals surface area contributed by atoms with Gasteiger partial charge in [0.2, 0.25) is 0 Å². The van der Waals surface area contributed by atoms with E-state index >= 15 is 0 Å². The molecule has 2 heteroatoms. The first-order valence-electron chi connectivity index (χ1n) is 7.88. The number of fused-ring (bicyclic) bond motifs is 1. The molecular weight excluding hydrogens is 232 g/mol. The smallest absolute Gasteiger partial charge is 0.0326 e. The number of rotatable bonds is 4. The van der Waals surface area contributed by atoms with Crippen LogP contribution in [0.5, 0.6) is 0 Å². The van der Waals surface area contributed by atoms with Crippen molar-refractivity contribution in [3.8, 4) is 0 Å². The predicted molar refractivity (Wildman–Crippen MR) is 80.5 cm³/mol. The van der Waals surface area contributed by atoms with Crippen molar-refractivity contribution < 1.29 is 0 Å². The van der Waals surface area contributed by atoms with Gasteiger partial charge in [0.15, 0.2) is 0 Å². The number of benzene rings is 1. The zero-order chi connectivity index (χ0) is 13.1. The van der Waals surface area contributed by atoms with E-state index in [1.807, 2.05) is 0 Å². The molecule has 2 nitrogen and oxygen atoms in total. The quantitative estimate of drug-likeness (QED) is 0.893. The molecule has 1 saturated heterocycles. The van der Waals surface area contributed by atoms with Crippen LogP contribution in [0.25, 0.3) is 0 Å². The van der Waals surface area contributed by atoms with Crippen LogP contribution in [-0.4, -0.2) is 31.1 Å². The molecule has 0 radical (unpaired) electrons. The van der Waals surface area contributed by atoms with Gasteiger partial charge in [0, 0.05) is 19.1 Å². The van der Waals surface area contributed by atoms with E-state index in [9.17, 15) is 0 Å². The van der Waals surface area contributed by atoms with Crippen molar-refractivity contribution in [1.82, 2.24) is 10.2 Å². The molecule has 1 aromatic rings. The zero-order valence-electron chi connectivity index (χ0n) is 12.1. The van der Waals surface area contributed by atoms with Gasteiger partial charge in [0.05, 0.1) is 0 Å². The molecule has 1 atom stereocenters. The lowest BCUT2D eigenvalue weighted by Crippen LogP contribution is -2.36. The molecule has 1 N–H and O–H groups in total. The first kappa shape index (κ1) is 13.1. The third-order valence-corrected chi connectivity index (χ3v) is 4.65. The van der Waals surface area contributed by atoms with Gasteiger partial charge >= 0.3 is 0 Å². The van der Waals surface area contributed by atoms with E-state index in [4.69, 9.17) is 0 Å². The molecule has 1 aliphatic heterocycles. The van der Waals surface area contributed by atoms with Crippen LogP contribution in [0.2, 0.25) is 0 Å². The minimum Gasteiger partial charge on any atom is -0.309 e. The van der Waals surface area contributed by atoms with Crippen LogP contribution >= 0.6 is 0 Å². The highest BCUT2D eigenvalue weighted by molar-refractivity contribution is 5.37. The fourth-order valence-corrected chi connectivity index (χ4v) is 3.51. The summed E-state index contributed by atoms with van der Waals surface area (Å²) in [4.78, 5) is 2.61. The largest absolute Gasteiger partial charge is 0.309 e. The molecule has 1 aromatic carbocycles. The van der Waals surface area contributed by atoms with Crippen molar-refractivity contribution in [2.45, 2.75) is 45.1 Å². The van der Waals surface area contributed by atoms with Gasteiger partial charge in [0.1, 0.15) is 0 Å². The highest BCUT2D eigenvalue weighted by Crippen LogP contribution is 2.31. The lowest BCUT2D eigenvalue weighted by molar-refractivity contribution is 0.226. The monoisotopic (exact) mass is 258 g/mol. The van der Waals surface area contributed by atoms with Gasteiger partial charge in [-0.25, -0.2) is 0 Å². The Morgan fingerprint density at radius 1 is 1.21 bits per heavy atom. The molecule has 3 rings (SSSR count). The summed E-state index contributed by atoms with van der Waals surface area (Å²) in [5.41, 5.74) is 4.50. The standard InChI is InChI=1S/C17H26N2/c1-14-5-6-15-7-8-17(16(15)13-14)18-9-12-19-10-3-2-4-11-19/h5-6,13,17-18H,2-4,7-12H2,1H3. The summed E-state index contributed by atoms with van der Waals surface area (Å²) in [6.07, 6.45) is 6.74. The second kappa shape index (κ2) is 6.06. The second-order valence-corrected chi connectivity index (χ2v) is 6.15. The van der Waals surface area contributed by atoms with E-state index in [-0.39, 0.29) is 0 Å². The van der Waals surface area contributed by atoms with Gasteiger partial charge in [0.25, 0.3) is 0 Å². The van der Waals surface area contributed by atoms with Crippen LogP contribution in [0, 0.1) is 6.92 Å². The topological polar surface area (TPSA) is 15.3 Å². The summed E-state index contributed by atoms with van der Waals surface area (Å²) in [7, 11) is 0. The Balaban J connectivity index is 1.50. The summed E-state index contributed by atoms with van der Waals surface area (Å²) in [6.45, 7) is 7.17. The number of nitrogens with one attached hydrogen (secondary N) is 1. The lowest BCUT2D eigenvalue weighted by atomic mass is 10.1. The molecule has 19 heavy (non-hydrogen) atoms. The van der Waals surface area contributed by atoms with Crippen LogP contribution in [0.1, 0.15) is 48.4 Å². The highest BCUT2D eigenvalue weighted by Gasteiger charge is 2.21. The van der Waals surface area contributed by atoms with E-state index in [2.05, 4.69) is 35.3 Å². The minimum absolute atomic E-state index is 0.597. The third kappa shape index (κ3) is 3.18. The molecule has 0 spiro atoms. The summed E-state index contributed by atoms with van der Waals surface area (Å²) < 4.78 is 0. The fourth-order valence-electron chi connectivity index (χ4n) is 3.51. The maximum Gasteiger partial charge on any atom is 0.0326 e. The summed E-state index contributed by atoms with van der Waals surface area (Å²) in [6, 6.07) is 7.53. The van der Waals surface area contributed by atoms with Gasteiger partial charge in [-0.3, -0.25) is 0 Å². The number of likely N-dealkylation sites (tertiary alicyclic amines) is 1. The van der Waals surface area contributed by atoms with Gasteiger partial charge < -0.3 is 10.2 Å². The van der Waals surface area contributed by atoms with Crippen LogP contribution in [0.4, 0.5) is 0 Å². The molecule has 1 fully saturated rings. The first-order chi connectivity index (χ1) is 9.33. The van der Waals surface area contributed by atoms with Gasteiger partial charge in [-0.05, 0) is 56.8 Å². The molecule has 1 aliphatic carbocycles. The maximum atomic E-state index is 3.77. The van der Waals surface area contributed by atoms with Crippen molar-refractivity contribution >= 4 is 0 Å². The molecular formula is C17H26N2. The average molecular weight is 258 g/mol. The number of hydrogen-bond acceptors (Lipinski definition) is 2. The Bertz CT molecular complexity index is 421. The SMILES string of the molecule is Cc1ccc2c(c1)C(NCCN1CCCCC1)CC2. The Morgan fingerprint density at radius 2 is 2.05 bits per heavy atom. The third-order valence-electron chi connectivity index (χ3n) is 4.65. The second-order valence-electron chi connectivity index (χ2n) is 6.15. The molecule has 2 aliphatic rings. The summed E-state index contributed by atoms with van der Waals surface area (Å²) in [5, 5.41) is 3.77. The van der Waals surface area contributed by atoms with Crippen molar-refractivity contribution in [2.24, 2.45) is 0 Å². The molecule has 0 aromatic heterocycles. The highest BCUT2D eigenvalue weighted by atomic mass is 15.1. The molecule has 1 unspecified atom stereocenters. The van der Waals surface area contributed by atoms with E-state index in [0.717, 1.165) is 6.54 Å².